The van der Waals surface area contributed by atoms with E-state index in [1.54, 1.807) is 33.1 Å². The Morgan fingerprint density at radius 2 is 1.79 bits per heavy atom. The predicted molar refractivity (Wildman–Crippen MR) is 133 cm³/mol. The molecule has 3 rings (SSSR count). The van der Waals surface area contributed by atoms with Crippen molar-refractivity contribution in [1.29, 1.82) is 0 Å². The Hall–Kier alpha value is -2.49. The molecular formula is C24H30N2O5S2. The standard InChI is InChI=1S/C24H30N2O5S2/c1-5-31-13-12-26-19-15-20(29-3)21(30-4)16-22(19)33-24(26)25-23(27)7-6-14-32-18-10-8-17(28-2)9-11-18/h8-11,15-16H,5-7,12-14H2,1-4H3. The van der Waals surface area contributed by atoms with Crippen LogP contribution < -0.4 is 19.0 Å². The van der Waals surface area contributed by atoms with Crippen molar-refractivity contribution < 1.29 is 23.7 Å². The number of rotatable bonds is 12. The molecule has 0 atom stereocenters. The van der Waals surface area contributed by atoms with E-state index >= 15 is 0 Å². The first-order valence-electron chi connectivity index (χ1n) is 10.8. The van der Waals surface area contributed by atoms with Gasteiger partial charge in [0, 0.05) is 36.6 Å². The summed E-state index contributed by atoms with van der Waals surface area (Å²) in [6.07, 6.45) is 1.15. The van der Waals surface area contributed by atoms with Gasteiger partial charge in [-0.25, -0.2) is 0 Å². The summed E-state index contributed by atoms with van der Waals surface area (Å²) in [5.41, 5.74) is 0.943. The van der Waals surface area contributed by atoms with Gasteiger partial charge in [-0.05, 0) is 43.4 Å². The summed E-state index contributed by atoms with van der Waals surface area (Å²) in [6.45, 7) is 3.74. The van der Waals surface area contributed by atoms with E-state index in [1.807, 2.05) is 47.9 Å². The minimum Gasteiger partial charge on any atom is -0.497 e. The molecule has 0 aliphatic rings. The number of amides is 1. The summed E-state index contributed by atoms with van der Waals surface area (Å²) in [5, 5.41) is 0. The third-order valence-electron chi connectivity index (χ3n) is 4.93. The Morgan fingerprint density at radius 1 is 1.06 bits per heavy atom. The van der Waals surface area contributed by atoms with Gasteiger partial charge in [0.15, 0.2) is 16.3 Å². The molecule has 178 valence electrons. The van der Waals surface area contributed by atoms with Gasteiger partial charge in [0.25, 0.3) is 0 Å². The fourth-order valence-electron chi connectivity index (χ4n) is 3.25. The number of ether oxygens (including phenoxy) is 4. The molecule has 9 heteroatoms. The lowest BCUT2D eigenvalue weighted by molar-refractivity contribution is -0.118. The molecule has 7 nitrogen and oxygen atoms in total. The van der Waals surface area contributed by atoms with Gasteiger partial charge < -0.3 is 23.5 Å². The average Bonchev–Trinajstić information content (AvgIpc) is 3.17. The Morgan fingerprint density at radius 3 is 2.45 bits per heavy atom. The highest BCUT2D eigenvalue weighted by atomic mass is 32.2. The zero-order chi connectivity index (χ0) is 23.6. The van der Waals surface area contributed by atoms with Crippen LogP contribution in [0.1, 0.15) is 19.8 Å². The van der Waals surface area contributed by atoms with E-state index in [9.17, 15) is 4.79 Å². The number of fused-ring (bicyclic) bond motifs is 1. The Labute approximate surface area is 202 Å². The molecule has 0 spiro atoms. The highest BCUT2D eigenvalue weighted by molar-refractivity contribution is 7.99. The largest absolute Gasteiger partial charge is 0.497 e. The van der Waals surface area contributed by atoms with Crippen LogP contribution in [0.2, 0.25) is 0 Å². The molecule has 0 N–H and O–H groups in total. The van der Waals surface area contributed by atoms with Gasteiger partial charge in [0.1, 0.15) is 5.75 Å². The van der Waals surface area contributed by atoms with E-state index < -0.39 is 0 Å². The van der Waals surface area contributed by atoms with Crippen molar-refractivity contribution in [2.24, 2.45) is 4.99 Å². The van der Waals surface area contributed by atoms with Crippen LogP contribution in [0.4, 0.5) is 0 Å². The third-order valence-corrected chi connectivity index (χ3v) is 7.07. The van der Waals surface area contributed by atoms with Crippen LogP contribution in [0.25, 0.3) is 10.2 Å². The third kappa shape index (κ3) is 6.75. The minimum atomic E-state index is -0.124. The fourth-order valence-corrected chi connectivity index (χ4v) is 5.18. The van der Waals surface area contributed by atoms with E-state index in [1.165, 1.54) is 11.3 Å². The number of thioether (sulfide) groups is 1. The van der Waals surface area contributed by atoms with Crippen molar-refractivity contribution in [2.75, 3.05) is 40.3 Å². The van der Waals surface area contributed by atoms with Gasteiger partial charge in [-0.15, -0.1) is 11.8 Å². The van der Waals surface area contributed by atoms with Crippen molar-refractivity contribution in [3.8, 4) is 17.2 Å². The molecule has 2 aromatic carbocycles. The second kappa shape index (κ2) is 12.7. The van der Waals surface area contributed by atoms with E-state index in [0.29, 0.717) is 42.5 Å². The second-order valence-corrected chi connectivity index (χ2v) is 9.22. The molecule has 33 heavy (non-hydrogen) atoms. The van der Waals surface area contributed by atoms with E-state index in [4.69, 9.17) is 18.9 Å². The summed E-state index contributed by atoms with van der Waals surface area (Å²) >= 11 is 3.19. The zero-order valence-electron chi connectivity index (χ0n) is 19.5. The quantitative estimate of drug-likeness (QED) is 0.269. The number of aromatic nitrogens is 1. The molecule has 0 aliphatic heterocycles. The lowest BCUT2D eigenvalue weighted by Gasteiger charge is -2.09. The number of methoxy groups -OCH3 is 3. The summed E-state index contributed by atoms with van der Waals surface area (Å²) in [5.74, 6) is 2.85. The SMILES string of the molecule is CCOCCn1c(=NC(=O)CCCSc2ccc(OC)cc2)sc2cc(OC)c(OC)cc21. The number of benzene rings is 2. The maximum absolute atomic E-state index is 12.6. The van der Waals surface area contributed by atoms with Crippen LogP contribution in [-0.4, -0.2) is 50.8 Å². The van der Waals surface area contributed by atoms with Crippen LogP contribution in [0, 0.1) is 0 Å². The Kier molecular flexibility index (Phi) is 9.65. The highest BCUT2D eigenvalue weighted by Crippen LogP contribution is 2.33. The van der Waals surface area contributed by atoms with Crippen LogP contribution in [-0.2, 0) is 16.1 Å². The molecule has 0 aliphatic carbocycles. The van der Waals surface area contributed by atoms with Crippen molar-refractivity contribution in [3.05, 3.63) is 41.2 Å². The highest BCUT2D eigenvalue weighted by Gasteiger charge is 2.13. The summed E-state index contributed by atoms with van der Waals surface area (Å²) in [6, 6.07) is 11.8. The lowest BCUT2D eigenvalue weighted by Crippen LogP contribution is -2.19. The zero-order valence-corrected chi connectivity index (χ0v) is 21.1. The second-order valence-electron chi connectivity index (χ2n) is 7.04. The number of carbonyl (C=O) groups excluding carboxylic acids is 1. The number of hydrogen-bond donors (Lipinski definition) is 0. The summed E-state index contributed by atoms with van der Waals surface area (Å²) in [7, 11) is 4.87. The van der Waals surface area contributed by atoms with Crippen LogP contribution in [0.15, 0.2) is 46.3 Å². The van der Waals surface area contributed by atoms with Crippen molar-refractivity contribution in [1.82, 2.24) is 4.57 Å². The molecule has 0 bridgehead atoms. The monoisotopic (exact) mass is 490 g/mol. The topological polar surface area (TPSA) is 71.3 Å². The molecule has 3 aromatic rings. The van der Waals surface area contributed by atoms with Crippen LogP contribution >= 0.6 is 23.1 Å². The van der Waals surface area contributed by atoms with Gasteiger partial charge in [-0.1, -0.05) is 11.3 Å². The maximum Gasteiger partial charge on any atom is 0.248 e. The van der Waals surface area contributed by atoms with Gasteiger partial charge in [-0.3, -0.25) is 4.79 Å². The lowest BCUT2D eigenvalue weighted by atomic mass is 10.3. The first-order valence-corrected chi connectivity index (χ1v) is 12.6. The predicted octanol–water partition coefficient (Wildman–Crippen LogP) is 4.76. The van der Waals surface area contributed by atoms with E-state index in [0.717, 1.165) is 33.0 Å². The molecule has 1 aromatic heterocycles. The summed E-state index contributed by atoms with van der Waals surface area (Å²) < 4.78 is 24.6. The van der Waals surface area contributed by atoms with E-state index in [2.05, 4.69) is 4.99 Å². The maximum atomic E-state index is 12.6. The minimum absolute atomic E-state index is 0.124. The number of hydrogen-bond acceptors (Lipinski definition) is 7. The van der Waals surface area contributed by atoms with Gasteiger partial charge >= 0.3 is 0 Å². The molecule has 0 saturated heterocycles. The van der Waals surface area contributed by atoms with E-state index in [-0.39, 0.29) is 5.91 Å². The van der Waals surface area contributed by atoms with Crippen molar-refractivity contribution >= 4 is 39.2 Å². The number of nitrogens with zero attached hydrogens (tertiary/aromatic N) is 2. The fraction of sp³-hybridized carbons (Fsp3) is 0.417. The van der Waals surface area contributed by atoms with Gasteiger partial charge in [0.2, 0.25) is 5.91 Å². The van der Waals surface area contributed by atoms with Crippen molar-refractivity contribution in [3.63, 3.8) is 0 Å². The van der Waals surface area contributed by atoms with Gasteiger partial charge in [-0.2, -0.15) is 4.99 Å². The smallest absolute Gasteiger partial charge is 0.248 e. The van der Waals surface area contributed by atoms with Crippen LogP contribution in [0.3, 0.4) is 0 Å². The molecule has 0 radical (unpaired) electrons. The molecule has 1 amide bonds. The Bertz CT molecular complexity index is 1120. The Balaban J connectivity index is 1.73. The number of thiazole rings is 1. The molecule has 0 fully saturated rings. The van der Waals surface area contributed by atoms with Gasteiger partial charge in [0.05, 0.1) is 38.2 Å². The molecule has 1 heterocycles. The normalized spacial score (nSPS) is 11.7. The van der Waals surface area contributed by atoms with Crippen molar-refractivity contribution in [2.45, 2.75) is 31.2 Å². The molecule has 0 saturated carbocycles. The average molecular weight is 491 g/mol. The molecular weight excluding hydrogens is 460 g/mol. The first-order chi connectivity index (χ1) is 16.1. The first kappa shape index (κ1) is 25.1. The molecule has 0 unspecified atom stereocenters. The van der Waals surface area contributed by atoms with Crippen LogP contribution in [0.5, 0.6) is 17.2 Å². The number of carbonyl (C=O) groups is 1. The summed E-state index contributed by atoms with van der Waals surface area (Å²) in [4.78, 5) is 18.9.